The molecule has 0 N–H and O–H groups in total. The van der Waals surface area contributed by atoms with Crippen LogP contribution < -0.4 is 0 Å². The van der Waals surface area contributed by atoms with Crippen LogP contribution in [0.5, 0.6) is 0 Å². The average molecular weight is 334 g/mol. The second-order valence-corrected chi connectivity index (χ2v) is 5.66. The number of carbonyl (C=O) groups excluding carboxylic acids is 2. The fourth-order valence-electron chi connectivity index (χ4n) is 2.67. The van der Waals surface area contributed by atoms with Gasteiger partial charge in [-0.25, -0.2) is 4.79 Å². The van der Waals surface area contributed by atoms with Crippen LogP contribution in [0.1, 0.15) is 21.5 Å². The first-order valence-corrected chi connectivity index (χ1v) is 7.97. The quantitative estimate of drug-likeness (QED) is 0.664. The monoisotopic (exact) mass is 334 g/mol. The van der Waals surface area contributed by atoms with Gasteiger partial charge in [-0.05, 0) is 34.0 Å². The Balaban J connectivity index is 1.62. The van der Waals surface area contributed by atoms with Crippen LogP contribution >= 0.6 is 0 Å². The number of benzene rings is 3. The van der Waals surface area contributed by atoms with Gasteiger partial charge < -0.3 is 9.47 Å². The van der Waals surface area contributed by atoms with Crippen molar-refractivity contribution in [1.82, 2.24) is 0 Å². The lowest BCUT2D eigenvalue weighted by molar-refractivity contribution is -0.144. The second-order valence-electron chi connectivity index (χ2n) is 5.66. The van der Waals surface area contributed by atoms with Crippen LogP contribution in [0, 0.1) is 0 Å². The van der Waals surface area contributed by atoms with Crippen LogP contribution in [0.4, 0.5) is 0 Å². The number of esters is 2. The highest BCUT2D eigenvalue weighted by Gasteiger charge is 2.09. The summed E-state index contributed by atoms with van der Waals surface area (Å²) in [6, 6.07) is 20.7. The molecule has 4 nitrogen and oxygen atoms in total. The van der Waals surface area contributed by atoms with E-state index in [-0.39, 0.29) is 25.0 Å². The van der Waals surface area contributed by atoms with Crippen molar-refractivity contribution in [2.75, 3.05) is 7.11 Å². The molecule has 0 heterocycles. The van der Waals surface area contributed by atoms with E-state index in [1.165, 1.54) is 7.11 Å². The van der Waals surface area contributed by atoms with Gasteiger partial charge >= 0.3 is 11.9 Å². The number of rotatable bonds is 5. The van der Waals surface area contributed by atoms with Crippen molar-refractivity contribution in [3.05, 3.63) is 83.4 Å². The molecule has 0 aromatic heterocycles. The zero-order valence-corrected chi connectivity index (χ0v) is 13.9. The van der Waals surface area contributed by atoms with Gasteiger partial charge in [-0.2, -0.15) is 0 Å². The third-order valence-corrected chi connectivity index (χ3v) is 3.99. The van der Waals surface area contributed by atoms with Crippen molar-refractivity contribution in [1.29, 1.82) is 0 Å². The van der Waals surface area contributed by atoms with E-state index in [1.54, 1.807) is 24.3 Å². The Bertz CT molecular complexity index is 892. The van der Waals surface area contributed by atoms with Gasteiger partial charge in [0, 0.05) is 0 Å². The number of fused-ring (bicyclic) bond motifs is 1. The first-order valence-electron chi connectivity index (χ1n) is 7.97. The van der Waals surface area contributed by atoms with Crippen molar-refractivity contribution >= 4 is 22.7 Å². The Hall–Kier alpha value is -3.14. The predicted molar refractivity (Wildman–Crippen MR) is 95.2 cm³/mol. The van der Waals surface area contributed by atoms with Crippen molar-refractivity contribution in [3.63, 3.8) is 0 Å². The third kappa shape index (κ3) is 4.04. The summed E-state index contributed by atoms with van der Waals surface area (Å²) in [5, 5.41) is 2.16. The zero-order valence-electron chi connectivity index (χ0n) is 13.9. The Morgan fingerprint density at radius 3 is 2.36 bits per heavy atom. The molecule has 0 amide bonds. The van der Waals surface area contributed by atoms with Gasteiger partial charge in [-0.15, -0.1) is 0 Å². The van der Waals surface area contributed by atoms with Gasteiger partial charge in [0.15, 0.2) is 0 Å². The average Bonchev–Trinajstić information content (AvgIpc) is 2.66. The molecule has 0 saturated heterocycles. The second kappa shape index (κ2) is 7.62. The van der Waals surface area contributed by atoms with Gasteiger partial charge in [0.1, 0.15) is 6.61 Å². The number of hydrogen-bond acceptors (Lipinski definition) is 4. The summed E-state index contributed by atoms with van der Waals surface area (Å²) in [6.45, 7) is 0.172. The maximum Gasteiger partial charge on any atom is 0.337 e. The Morgan fingerprint density at radius 1 is 0.880 bits per heavy atom. The van der Waals surface area contributed by atoms with E-state index >= 15 is 0 Å². The minimum atomic E-state index is -0.389. The molecule has 25 heavy (non-hydrogen) atoms. The Kier molecular flexibility index (Phi) is 5.09. The standard InChI is InChI=1S/C21H18O4/c1-24-21(23)17-11-9-15(10-12-17)14-25-20(22)13-18-7-4-6-16-5-2-3-8-19(16)18/h2-12H,13-14H2,1H3. The van der Waals surface area contributed by atoms with Gasteiger partial charge in [-0.1, -0.05) is 54.6 Å². The topological polar surface area (TPSA) is 52.6 Å². The highest BCUT2D eigenvalue weighted by molar-refractivity contribution is 5.89. The van der Waals surface area contributed by atoms with Crippen molar-refractivity contribution < 1.29 is 19.1 Å². The molecule has 0 aliphatic rings. The fraction of sp³-hybridized carbons (Fsp3) is 0.143. The van der Waals surface area contributed by atoms with E-state index < -0.39 is 0 Å². The minimum absolute atomic E-state index is 0.172. The fourth-order valence-corrected chi connectivity index (χ4v) is 2.67. The molecule has 0 atom stereocenters. The molecule has 3 rings (SSSR count). The molecule has 3 aromatic carbocycles. The molecule has 0 aliphatic heterocycles. The molecular formula is C21H18O4. The van der Waals surface area contributed by atoms with Crippen molar-refractivity contribution in [3.8, 4) is 0 Å². The predicted octanol–water partition coefficient (Wildman–Crippen LogP) is 3.91. The Labute approximate surface area is 146 Å². The molecule has 126 valence electrons. The molecular weight excluding hydrogens is 316 g/mol. The summed E-state index contributed by atoms with van der Waals surface area (Å²) in [5.41, 5.74) is 2.23. The zero-order chi connectivity index (χ0) is 17.6. The largest absolute Gasteiger partial charge is 0.465 e. The smallest absolute Gasteiger partial charge is 0.337 e. The van der Waals surface area contributed by atoms with Crippen LogP contribution in [0.25, 0.3) is 10.8 Å². The summed E-state index contributed by atoms with van der Waals surface area (Å²) >= 11 is 0. The molecule has 0 aliphatic carbocycles. The van der Waals surface area contributed by atoms with Crippen LogP contribution in [-0.4, -0.2) is 19.0 Å². The molecule has 0 radical (unpaired) electrons. The molecule has 0 unspecified atom stereocenters. The molecule has 3 aromatic rings. The van der Waals surface area contributed by atoms with Crippen LogP contribution in [0.15, 0.2) is 66.7 Å². The number of hydrogen-bond donors (Lipinski definition) is 0. The molecule has 0 fully saturated rings. The first-order chi connectivity index (χ1) is 12.2. The maximum absolute atomic E-state index is 12.2. The normalized spacial score (nSPS) is 10.4. The summed E-state index contributed by atoms with van der Waals surface area (Å²) in [6.07, 6.45) is 0.224. The molecule has 0 spiro atoms. The lowest BCUT2D eigenvalue weighted by Gasteiger charge is -2.08. The van der Waals surface area contributed by atoms with E-state index in [0.29, 0.717) is 5.56 Å². The SMILES string of the molecule is COC(=O)c1ccc(COC(=O)Cc2cccc3ccccc23)cc1. The molecule has 0 bridgehead atoms. The van der Waals surface area contributed by atoms with Gasteiger partial charge in [-0.3, -0.25) is 4.79 Å². The highest BCUT2D eigenvalue weighted by atomic mass is 16.5. The highest BCUT2D eigenvalue weighted by Crippen LogP contribution is 2.19. The number of ether oxygens (including phenoxy) is 2. The van der Waals surface area contributed by atoms with Crippen molar-refractivity contribution in [2.24, 2.45) is 0 Å². The summed E-state index contributed by atoms with van der Waals surface area (Å²) in [4.78, 5) is 23.5. The van der Waals surface area contributed by atoms with Gasteiger partial charge in [0.05, 0.1) is 19.1 Å². The summed E-state index contributed by atoms with van der Waals surface area (Å²) < 4.78 is 10.0. The number of methoxy groups -OCH3 is 1. The third-order valence-electron chi connectivity index (χ3n) is 3.99. The molecule has 4 heteroatoms. The minimum Gasteiger partial charge on any atom is -0.465 e. The van der Waals surface area contributed by atoms with Gasteiger partial charge in [0.2, 0.25) is 0 Å². The van der Waals surface area contributed by atoms with Crippen molar-refractivity contribution in [2.45, 2.75) is 13.0 Å². The van der Waals surface area contributed by atoms with Crippen LogP contribution in [0.2, 0.25) is 0 Å². The van der Waals surface area contributed by atoms with E-state index in [1.807, 2.05) is 42.5 Å². The Morgan fingerprint density at radius 2 is 1.60 bits per heavy atom. The first kappa shape index (κ1) is 16.7. The van der Waals surface area contributed by atoms with Crippen LogP contribution in [0.3, 0.4) is 0 Å². The van der Waals surface area contributed by atoms with E-state index in [9.17, 15) is 9.59 Å². The van der Waals surface area contributed by atoms with E-state index in [0.717, 1.165) is 21.9 Å². The maximum atomic E-state index is 12.2. The lowest BCUT2D eigenvalue weighted by Crippen LogP contribution is -2.08. The van der Waals surface area contributed by atoms with E-state index in [2.05, 4.69) is 4.74 Å². The van der Waals surface area contributed by atoms with Crippen LogP contribution in [-0.2, 0) is 27.3 Å². The molecule has 0 saturated carbocycles. The summed E-state index contributed by atoms with van der Waals surface area (Å²) in [7, 11) is 1.34. The number of carbonyl (C=O) groups is 2. The summed E-state index contributed by atoms with van der Waals surface area (Å²) in [5.74, 6) is -0.673. The van der Waals surface area contributed by atoms with E-state index in [4.69, 9.17) is 4.74 Å². The lowest BCUT2D eigenvalue weighted by atomic mass is 10.0. The van der Waals surface area contributed by atoms with Gasteiger partial charge in [0.25, 0.3) is 0 Å².